The fourth-order valence-corrected chi connectivity index (χ4v) is 2.54. The Morgan fingerprint density at radius 1 is 1.15 bits per heavy atom. The van der Waals surface area contributed by atoms with E-state index in [0.29, 0.717) is 18.1 Å². The molecule has 3 rings (SSSR count). The maximum absolute atomic E-state index is 12.7. The van der Waals surface area contributed by atoms with Crippen molar-refractivity contribution >= 4 is 17.5 Å². The summed E-state index contributed by atoms with van der Waals surface area (Å²) < 4.78 is 1.96. The molecular weight excluding hydrogens is 340 g/mol. The van der Waals surface area contributed by atoms with Crippen LogP contribution in [0.25, 0.3) is 0 Å². The van der Waals surface area contributed by atoms with E-state index in [1.165, 1.54) is 12.4 Å². The molecule has 0 saturated heterocycles. The van der Waals surface area contributed by atoms with E-state index in [9.17, 15) is 4.79 Å². The van der Waals surface area contributed by atoms with E-state index in [2.05, 4.69) is 46.4 Å². The Balaban J connectivity index is 1.67. The summed E-state index contributed by atoms with van der Waals surface area (Å²) in [6.07, 6.45) is 8.43. The molecule has 7 nitrogen and oxygen atoms in total. The van der Waals surface area contributed by atoms with Crippen LogP contribution in [0.15, 0.2) is 61.4 Å². The number of amides is 1. The molecule has 2 heterocycles. The number of carbonyl (C=O) groups is 1. The van der Waals surface area contributed by atoms with Crippen molar-refractivity contribution in [1.82, 2.24) is 24.8 Å². The van der Waals surface area contributed by atoms with Crippen molar-refractivity contribution < 1.29 is 4.79 Å². The number of anilines is 2. The van der Waals surface area contributed by atoms with Crippen LogP contribution in [-0.2, 0) is 6.54 Å². The van der Waals surface area contributed by atoms with Gasteiger partial charge in [0.1, 0.15) is 0 Å². The first-order valence-corrected chi connectivity index (χ1v) is 8.82. The summed E-state index contributed by atoms with van der Waals surface area (Å²) in [5.74, 6) is 0.254. The van der Waals surface area contributed by atoms with Gasteiger partial charge in [-0.15, -0.1) is 0 Å². The van der Waals surface area contributed by atoms with E-state index < -0.39 is 0 Å². The number of hydrogen-bond donors (Lipinski definition) is 2. The van der Waals surface area contributed by atoms with Crippen LogP contribution < -0.4 is 10.6 Å². The summed E-state index contributed by atoms with van der Waals surface area (Å²) in [7, 11) is 0. The third-order valence-corrected chi connectivity index (χ3v) is 4.25. The minimum atomic E-state index is -0.193. The molecule has 0 aliphatic carbocycles. The Kier molecular flexibility index (Phi) is 5.49. The van der Waals surface area contributed by atoms with E-state index in [-0.39, 0.29) is 17.4 Å². The Labute approximate surface area is 158 Å². The van der Waals surface area contributed by atoms with Crippen molar-refractivity contribution in [3.63, 3.8) is 0 Å². The largest absolute Gasteiger partial charge is 0.347 e. The first-order chi connectivity index (χ1) is 12.9. The first kappa shape index (κ1) is 18.6. The van der Waals surface area contributed by atoms with Gasteiger partial charge in [-0.1, -0.05) is 39.0 Å². The summed E-state index contributed by atoms with van der Waals surface area (Å²) in [6.45, 7) is 6.93. The van der Waals surface area contributed by atoms with Gasteiger partial charge >= 0.3 is 0 Å². The predicted octanol–water partition coefficient (Wildman–Crippen LogP) is 3.26. The standard InChI is InChI=1S/C20H24N6O/c1-20(2,3)17(13-26-10-9-21-14-26)25-18(27)15-11-22-19(23-12-15)24-16-7-5-4-6-8-16/h4-12,14,17H,13H2,1-3H3,(H,25,27)(H,22,23,24). The minimum absolute atomic E-state index is 0.0682. The van der Waals surface area contributed by atoms with Crippen molar-refractivity contribution in [1.29, 1.82) is 0 Å². The van der Waals surface area contributed by atoms with Gasteiger partial charge in [-0.2, -0.15) is 0 Å². The summed E-state index contributed by atoms with van der Waals surface area (Å²) >= 11 is 0. The van der Waals surface area contributed by atoms with Gasteiger partial charge < -0.3 is 15.2 Å². The zero-order valence-electron chi connectivity index (χ0n) is 15.8. The van der Waals surface area contributed by atoms with Crippen LogP contribution in [0.2, 0.25) is 0 Å². The van der Waals surface area contributed by atoms with E-state index in [0.717, 1.165) is 5.69 Å². The Morgan fingerprint density at radius 2 is 1.85 bits per heavy atom. The highest BCUT2D eigenvalue weighted by Crippen LogP contribution is 2.21. The zero-order valence-corrected chi connectivity index (χ0v) is 15.8. The Morgan fingerprint density at radius 3 is 2.44 bits per heavy atom. The van der Waals surface area contributed by atoms with E-state index in [4.69, 9.17) is 0 Å². The van der Waals surface area contributed by atoms with Crippen LogP contribution in [0.1, 0.15) is 31.1 Å². The predicted molar refractivity (Wildman–Crippen MR) is 105 cm³/mol. The quantitative estimate of drug-likeness (QED) is 0.701. The van der Waals surface area contributed by atoms with Crippen LogP contribution in [0, 0.1) is 5.41 Å². The van der Waals surface area contributed by atoms with E-state index >= 15 is 0 Å². The SMILES string of the molecule is CC(C)(C)C(Cn1ccnc1)NC(=O)c1cnc(Nc2ccccc2)nc1. The summed E-state index contributed by atoms with van der Waals surface area (Å²) in [6, 6.07) is 9.58. The Bertz CT molecular complexity index is 854. The molecule has 7 heteroatoms. The van der Waals surface area contributed by atoms with Gasteiger partial charge in [-0.3, -0.25) is 4.79 Å². The molecule has 0 spiro atoms. The summed E-state index contributed by atoms with van der Waals surface area (Å²) in [5.41, 5.74) is 1.20. The summed E-state index contributed by atoms with van der Waals surface area (Å²) in [4.78, 5) is 25.2. The highest BCUT2D eigenvalue weighted by atomic mass is 16.1. The number of hydrogen-bond acceptors (Lipinski definition) is 5. The highest BCUT2D eigenvalue weighted by molar-refractivity contribution is 5.93. The van der Waals surface area contributed by atoms with Crippen LogP contribution >= 0.6 is 0 Å². The Hall–Kier alpha value is -3.22. The van der Waals surface area contributed by atoms with Crippen LogP contribution in [0.5, 0.6) is 0 Å². The van der Waals surface area contributed by atoms with Crippen LogP contribution in [0.4, 0.5) is 11.6 Å². The number of aromatic nitrogens is 4. The fourth-order valence-electron chi connectivity index (χ4n) is 2.54. The van der Waals surface area contributed by atoms with Crippen LogP contribution in [-0.4, -0.2) is 31.5 Å². The van der Waals surface area contributed by atoms with Gasteiger partial charge in [0.15, 0.2) is 0 Å². The molecular formula is C20H24N6O. The lowest BCUT2D eigenvalue weighted by atomic mass is 9.86. The smallest absolute Gasteiger partial charge is 0.254 e. The molecule has 1 unspecified atom stereocenters. The number of benzene rings is 1. The van der Waals surface area contributed by atoms with Crippen molar-refractivity contribution in [3.05, 3.63) is 67.0 Å². The average Bonchev–Trinajstić information content (AvgIpc) is 3.15. The number of carbonyl (C=O) groups excluding carboxylic acids is 1. The van der Waals surface area contributed by atoms with E-state index in [1.807, 2.05) is 41.1 Å². The first-order valence-electron chi connectivity index (χ1n) is 8.82. The van der Waals surface area contributed by atoms with Gasteiger partial charge in [0.2, 0.25) is 5.95 Å². The minimum Gasteiger partial charge on any atom is -0.347 e. The maximum Gasteiger partial charge on any atom is 0.254 e. The number of imidazole rings is 1. The van der Waals surface area contributed by atoms with Gasteiger partial charge in [0.05, 0.1) is 17.9 Å². The monoisotopic (exact) mass is 364 g/mol. The lowest BCUT2D eigenvalue weighted by Gasteiger charge is -2.31. The zero-order chi connectivity index (χ0) is 19.3. The van der Waals surface area contributed by atoms with Gasteiger partial charge in [0.25, 0.3) is 5.91 Å². The second kappa shape index (κ2) is 7.99. The molecule has 1 amide bonds. The topological polar surface area (TPSA) is 84.7 Å². The number of nitrogens with zero attached hydrogens (tertiary/aromatic N) is 4. The average molecular weight is 364 g/mol. The van der Waals surface area contributed by atoms with Crippen LogP contribution in [0.3, 0.4) is 0 Å². The number of rotatable bonds is 6. The van der Waals surface area contributed by atoms with Gasteiger partial charge in [0, 0.05) is 37.0 Å². The third kappa shape index (κ3) is 5.13. The second-order valence-corrected chi connectivity index (χ2v) is 7.44. The molecule has 0 bridgehead atoms. The van der Waals surface area contributed by atoms with Crippen molar-refractivity contribution in [2.24, 2.45) is 5.41 Å². The molecule has 3 aromatic rings. The van der Waals surface area contributed by atoms with Crippen molar-refractivity contribution in [2.75, 3.05) is 5.32 Å². The summed E-state index contributed by atoms with van der Waals surface area (Å²) in [5, 5.41) is 6.19. The molecule has 1 aromatic carbocycles. The normalized spacial score (nSPS) is 12.4. The molecule has 0 aliphatic heterocycles. The van der Waals surface area contributed by atoms with Gasteiger partial charge in [-0.25, -0.2) is 15.0 Å². The second-order valence-electron chi connectivity index (χ2n) is 7.44. The molecule has 1 atom stereocenters. The van der Waals surface area contributed by atoms with E-state index in [1.54, 1.807) is 12.5 Å². The van der Waals surface area contributed by atoms with Crippen molar-refractivity contribution in [2.45, 2.75) is 33.4 Å². The molecule has 2 N–H and O–H groups in total. The molecule has 0 aliphatic rings. The molecule has 0 radical (unpaired) electrons. The molecule has 2 aromatic heterocycles. The third-order valence-electron chi connectivity index (χ3n) is 4.25. The van der Waals surface area contributed by atoms with Crippen molar-refractivity contribution in [3.8, 4) is 0 Å². The number of nitrogens with one attached hydrogen (secondary N) is 2. The fraction of sp³-hybridized carbons (Fsp3) is 0.300. The molecule has 0 saturated carbocycles. The molecule has 0 fully saturated rings. The lowest BCUT2D eigenvalue weighted by Crippen LogP contribution is -2.46. The molecule has 27 heavy (non-hydrogen) atoms. The molecule has 140 valence electrons. The number of para-hydroxylation sites is 1. The lowest BCUT2D eigenvalue weighted by molar-refractivity contribution is 0.0892. The highest BCUT2D eigenvalue weighted by Gasteiger charge is 2.27. The maximum atomic E-state index is 12.7. The van der Waals surface area contributed by atoms with Gasteiger partial charge in [-0.05, 0) is 17.5 Å².